The molecule has 1 aromatic carbocycles. The van der Waals surface area contributed by atoms with Gasteiger partial charge < -0.3 is 15.2 Å². The van der Waals surface area contributed by atoms with Crippen LogP contribution in [0.15, 0.2) is 52.0 Å². The summed E-state index contributed by atoms with van der Waals surface area (Å²) in [6.45, 7) is 0. The number of allylic oxidation sites excluding steroid dienone is 2. The lowest BCUT2D eigenvalue weighted by Gasteiger charge is -2.22. The molecule has 6 heteroatoms. The molecular weight excluding hydrogens is 324 g/mol. The molecule has 0 aromatic heterocycles. The SMILES string of the molecule is COC(=O)C1=C[C@H](c2ccccc2Br)C(C#N)=C(N)O1. The first-order valence-electron chi connectivity index (χ1n) is 5.70. The van der Waals surface area contributed by atoms with Gasteiger partial charge in [-0.05, 0) is 17.7 Å². The molecule has 2 rings (SSSR count). The van der Waals surface area contributed by atoms with Crippen molar-refractivity contribution in [1.29, 1.82) is 5.26 Å². The van der Waals surface area contributed by atoms with E-state index in [9.17, 15) is 10.1 Å². The van der Waals surface area contributed by atoms with Crippen molar-refractivity contribution in [3.63, 3.8) is 0 Å². The minimum atomic E-state index is -0.637. The highest BCUT2D eigenvalue weighted by Gasteiger charge is 2.29. The van der Waals surface area contributed by atoms with E-state index in [1.54, 1.807) is 0 Å². The fraction of sp³-hybridized carbons (Fsp3) is 0.143. The third kappa shape index (κ3) is 2.53. The number of rotatable bonds is 2. The summed E-state index contributed by atoms with van der Waals surface area (Å²) in [7, 11) is 1.25. The maximum Gasteiger partial charge on any atom is 0.373 e. The second-order valence-corrected chi connectivity index (χ2v) is 4.87. The molecule has 0 saturated heterocycles. The molecule has 0 radical (unpaired) electrons. The maximum atomic E-state index is 11.6. The minimum absolute atomic E-state index is 0.0234. The van der Waals surface area contributed by atoms with E-state index in [0.717, 1.165) is 10.0 Å². The number of nitriles is 1. The Hall–Kier alpha value is -2.26. The van der Waals surface area contributed by atoms with Crippen molar-refractivity contribution in [2.45, 2.75) is 5.92 Å². The van der Waals surface area contributed by atoms with Crippen LogP contribution in [0.1, 0.15) is 11.5 Å². The summed E-state index contributed by atoms with van der Waals surface area (Å²) in [5.41, 5.74) is 6.79. The molecule has 1 aliphatic rings. The number of benzene rings is 1. The van der Waals surface area contributed by atoms with Crippen LogP contribution in [0.25, 0.3) is 0 Å². The summed E-state index contributed by atoms with van der Waals surface area (Å²) >= 11 is 3.42. The van der Waals surface area contributed by atoms with Gasteiger partial charge in [-0.1, -0.05) is 34.1 Å². The second kappa shape index (κ2) is 5.80. The van der Waals surface area contributed by atoms with E-state index in [4.69, 9.17) is 10.5 Å². The summed E-state index contributed by atoms with van der Waals surface area (Å²) < 4.78 is 10.6. The van der Waals surface area contributed by atoms with Gasteiger partial charge in [-0.25, -0.2) is 4.79 Å². The number of ether oxygens (including phenoxy) is 2. The normalized spacial score (nSPS) is 17.9. The van der Waals surface area contributed by atoms with Crippen LogP contribution in [0.3, 0.4) is 0 Å². The van der Waals surface area contributed by atoms with Crippen molar-refractivity contribution in [3.05, 3.63) is 57.6 Å². The molecule has 5 nitrogen and oxygen atoms in total. The highest BCUT2D eigenvalue weighted by Crippen LogP contribution is 2.36. The summed E-state index contributed by atoms with van der Waals surface area (Å²) in [6, 6.07) is 9.41. The van der Waals surface area contributed by atoms with Crippen molar-refractivity contribution in [2.75, 3.05) is 7.11 Å². The van der Waals surface area contributed by atoms with Crippen molar-refractivity contribution in [2.24, 2.45) is 5.73 Å². The number of esters is 1. The first-order chi connectivity index (χ1) is 9.58. The Balaban J connectivity index is 2.54. The number of hydrogen-bond donors (Lipinski definition) is 1. The molecule has 1 atom stereocenters. The average Bonchev–Trinajstić information content (AvgIpc) is 2.46. The lowest BCUT2D eigenvalue weighted by molar-refractivity contribution is -0.139. The zero-order valence-corrected chi connectivity index (χ0v) is 12.2. The maximum absolute atomic E-state index is 11.6. The molecule has 1 aliphatic heterocycles. The van der Waals surface area contributed by atoms with Crippen LogP contribution in [0, 0.1) is 11.3 Å². The van der Waals surface area contributed by atoms with E-state index >= 15 is 0 Å². The molecule has 1 heterocycles. The monoisotopic (exact) mass is 334 g/mol. The van der Waals surface area contributed by atoms with Gasteiger partial charge in [0.25, 0.3) is 0 Å². The third-order valence-corrected chi connectivity index (χ3v) is 3.58. The molecule has 0 spiro atoms. The number of carbonyl (C=O) groups is 1. The largest absolute Gasteiger partial charge is 0.463 e. The molecular formula is C14H11BrN2O3. The number of halogens is 1. The second-order valence-electron chi connectivity index (χ2n) is 4.01. The minimum Gasteiger partial charge on any atom is -0.463 e. The van der Waals surface area contributed by atoms with E-state index in [0.29, 0.717) is 0 Å². The fourth-order valence-electron chi connectivity index (χ4n) is 1.90. The molecule has 0 saturated carbocycles. The smallest absolute Gasteiger partial charge is 0.373 e. The standard InChI is InChI=1S/C14H11BrN2O3/c1-19-14(18)12-6-9(10(7-16)13(17)20-12)8-4-2-3-5-11(8)15/h2-6,9H,17H2,1H3/t9-/m1/s1. The number of hydrogen-bond acceptors (Lipinski definition) is 5. The van der Waals surface area contributed by atoms with Gasteiger partial charge in [0, 0.05) is 10.4 Å². The Morgan fingerprint density at radius 1 is 1.50 bits per heavy atom. The number of methoxy groups -OCH3 is 1. The van der Waals surface area contributed by atoms with Crippen LogP contribution in [0.4, 0.5) is 0 Å². The Labute approximate surface area is 124 Å². The predicted molar refractivity (Wildman–Crippen MR) is 74.9 cm³/mol. The first kappa shape index (κ1) is 14.2. The van der Waals surface area contributed by atoms with Gasteiger partial charge in [-0.15, -0.1) is 0 Å². The van der Waals surface area contributed by atoms with Gasteiger partial charge >= 0.3 is 5.97 Å². The van der Waals surface area contributed by atoms with Gasteiger partial charge in [-0.2, -0.15) is 5.26 Å². The van der Waals surface area contributed by atoms with Crippen molar-refractivity contribution in [3.8, 4) is 6.07 Å². The van der Waals surface area contributed by atoms with Crippen molar-refractivity contribution >= 4 is 21.9 Å². The zero-order valence-electron chi connectivity index (χ0n) is 10.6. The van der Waals surface area contributed by atoms with Crippen LogP contribution >= 0.6 is 15.9 Å². The Kier molecular flexibility index (Phi) is 4.11. The number of carbonyl (C=O) groups excluding carboxylic acids is 1. The van der Waals surface area contributed by atoms with E-state index in [1.807, 2.05) is 30.3 Å². The quantitative estimate of drug-likeness (QED) is 0.839. The zero-order chi connectivity index (χ0) is 14.7. The van der Waals surface area contributed by atoms with Gasteiger partial charge in [-0.3, -0.25) is 0 Å². The molecule has 0 amide bonds. The number of nitrogens with zero attached hydrogens (tertiary/aromatic N) is 1. The molecule has 20 heavy (non-hydrogen) atoms. The number of nitrogens with two attached hydrogens (primary N) is 1. The highest BCUT2D eigenvalue weighted by atomic mass is 79.9. The summed E-state index contributed by atoms with van der Waals surface area (Å²) in [5, 5.41) is 9.24. The molecule has 0 aliphatic carbocycles. The van der Waals surface area contributed by atoms with E-state index < -0.39 is 11.9 Å². The lowest BCUT2D eigenvalue weighted by Crippen LogP contribution is -2.21. The molecule has 0 bridgehead atoms. The van der Waals surface area contributed by atoms with Crippen molar-refractivity contribution in [1.82, 2.24) is 0 Å². The van der Waals surface area contributed by atoms with E-state index in [2.05, 4.69) is 20.7 Å². The van der Waals surface area contributed by atoms with Gasteiger partial charge in [0.05, 0.1) is 7.11 Å². The average molecular weight is 335 g/mol. The third-order valence-electron chi connectivity index (χ3n) is 2.86. The van der Waals surface area contributed by atoms with Crippen LogP contribution in [-0.4, -0.2) is 13.1 Å². The van der Waals surface area contributed by atoms with Crippen molar-refractivity contribution < 1.29 is 14.3 Å². The molecule has 102 valence electrons. The predicted octanol–water partition coefficient (Wildman–Crippen LogP) is 2.31. The van der Waals surface area contributed by atoms with E-state index in [1.165, 1.54) is 13.2 Å². The molecule has 0 unspecified atom stereocenters. The Morgan fingerprint density at radius 3 is 2.80 bits per heavy atom. The van der Waals surface area contributed by atoms with Crippen LogP contribution in [-0.2, 0) is 14.3 Å². The lowest BCUT2D eigenvalue weighted by atomic mass is 9.90. The first-order valence-corrected chi connectivity index (χ1v) is 6.50. The van der Waals surface area contributed by atoms with Crippen LogP contribution < -0.4 is 5.73 Å². The van der Waals surface area contributed by atoms with Crippen LogP contribution in [0.5, 0.6) is 0 Å². The topological polar surface area (TPSA) is 85.3 Å². The van der Waals surface area contributed by atoms with E-state index in [-0.39, 0.29) is 17.2 Å². The highest BCUT2D eigenvalue weighted by molar-refractivity contribution is 9.10. The van der Waals surface area contributed by atoms with Crippen LogP contribution in [0.2, 0.25) is 0 Å². The van der Waals surface area contributed by atoms with Gasteiger partial charge in [0.2, 0.25) is 11.6 Å². The molecule has 1 aromatic rings. The molecule has 2 N–H and O–H groups in total. The summed E-state index contributed by atoms with van der Waals surface area (Å²) in [6.07, 6.45) is 1.53. The fourth-order valence-corrected chi connectivity index (χ4v) is 2.43. The van der Waals surface area contributed by atoms with Gasteiger partial charge in [0.1, 0.15) is 11.6 Å². The Bertz CT molecular complexity index is 659. The molecule has 0 fully saturated rings. The summed E-state index contributed by atoms with van der Waals surface area (Å²) in [5.74, 6) is -1.21. The van der Waals surface area contributed by atoms with Gasteiger partial charge in [0.15, 0.2) is 0 Å². The Morgan fingerprint density at radius 2 is 2.20 bits per heavy atom. The summed E-state index contributed by atoms with van der Waals surface area (Å²) in [4.78, 5) is 11.6.